The normalized spacial score (nSPS) is 10.7. The number of benzene rings is 2. The van der Waals surface area contributed by atoms with Crippen LogP contribution in [0, 0.1) is 0 Å². The zero-order chi connectivity index (χ0) is 15.5. The fourth-order valence-electron chi connectivity index (χ4n) is 2.46. The molecular formula is C17H19N3O2. The van der Waals surface area contributed by atoms with Crippen LogP contribution >= 0.6 is 0 Å². The van der Waals surface area contributed by atoms with Gasteiger partial charge in [-0.2, -0.15) is 4.98 Å². The van der Waals surface area contributed by atoms with Crippen LogP contribution < -0.4 is 14.5 Å². The second kappa shape index (κ2) is 5.97. The van der Waals surface area contributed by atoms with Gasteiger partial charge in [0.1, 0.15) is 19.2 Å². The summed E-state index contributed by atoms with van der Waals surface area (Å²) in [4.78, 5) is 11.9. The average Bonchev–Trinajstić information content (AvgIpc) is 2.90. The molecule has 0 aliphatic carbocycles. The van der Waals surface area contributed by atoms with Gasteiger partial charge in [0.05, 0.1) is 5.52 Å². The van der Waals surface area contributed by atoms with E-state index in [2.05, 4.69) is 22.0 Å². The Balaban J connectivity index is 1.88. The van der Waals surface area contributed by atoms with Crippen molar-refractivity contribution in [3.63, 3.8) is 0 Å². The summed E-state index contributed by atoms with van der Waals surface area (Å²) in [5.74, 6) is 0. The number of aromatic nitrogens is 2. The lowest BCUT2D eigenvalue weighted by atomic mass is 10.2. The van der Waals surface area contributed by atoms with E-state index in [0.29, 0.717) is 12.6 Å². The van der Waals surface area contributed by atoms with Gasteiger partial charge in [-0.25, -0.2) is 0 Å². The summed E-state index contributed by atoms with van der Waals surface area (Å²) in [6.45, 7) is 0.432. The Morgan fingerprint density at radius 3 is 2.55 bits per heavy atom. The molecule has 0 spiro atoms. The highest BCUT2D eigenvalue weighted by Crippen LogP contribution is 2.23. The average molecular weight is 297 g/mol. The molecule has 0 amide bonds. The zero-order valence-electron chi connectivity index (χ0n) is 13.0. The van der Waals surface area contributed by atoms with Crippen molar-refractivity contribution in [2.24, 2.45) is 0 Å². The number of ether oxygens (including phenoxy) is 1. The molecule has 1 heterocycles. The van der Waals surface area contributed by atoms with Crippen molar-refractivity contribution in [2.45, 2.75) is 6.61 Å². The van der Waals surface area contributed by atoms with Crippen molar-refractivity contribution in [3.05, 3.63) is 54.1 Å². The van der Waals surface area contributed by atoms with Gasteiger partial charge in [-0.3, -0.25) is 0 Å². The molecule has 114 valence electrons. The monoisotopic (exact) mass is 297 g/mol. The lowest BCUT2D eigenvalue weighted by Crippen LogP contribution is -2.13. The van der Waals surface area contributed by atoms with Crippen LogP contribution in [-0.4, -0.2) is 30.9 Å². The third kappa shape index (κ3) is 2.57. The molecule has 2 aromatic carbocycles. The van der Waals surface area contributed by atoms with Crippen LogP contribution in [0.5, 0.6) is 6.01 Å². The van der Waals surface area contributed by atoms with Crippen molar-refractivity contribution < 1.29 is 9.57 Å². The molecule has 1 aromatic heterocycles. The fourth-order valence-corrected chi connectivity index (χ4v) is 2.46. The van der Waals surface area contributed by atoms with Crippen LogP contribution in [0.1, 0.15) is 5.56 Å². The van der Waals surface area contributed by atoms with E-state index in [0.717, 1.165) is 22.3 Å². The van der Waals surface area contributed by atoms with Crippen LogP contribution in [0.15, 0.2) is 48.5 Å². The summed E-state index contributed by atoms with van der Waals surface area (Å²) in [5.41, 5.74) is 3.96. The third-order valence-corrected chi connectivity index (χ3v) is 3.50. The van der Waals surface area contributed by atoms with Gasteiger partial charge in [-0.15, -0.1) is 4.73 Å². The number of anilines is 1. The van der Waals surface area contributed by atoms with Gasteiger partial charge in [0, 0.05) is 25.3 Å². The molecule has 0 atom stereocenters. The van der Waals surface area contributed by atoms with Crippen molar-refractivity contribution in [1.82, 2.24) is 9.71 Å². The quantitative estimate of drug-likeness (QED) is 0.726. The molecule has 0 aliphatic rings. The van der Waals surface area contributed by atoms with Crippen molar-refractivity contribution in [1.29, 1.82) is 0 Å². The Hall–Kier alpha value is -2.69. The Labute approximate surface area is 129 Å². The number of rotatable bonds is 5. The minimum Gasteiger partial charge on any atom is -0.458 e. The first kappa shape index (κ1) is 14.3. The first-order valence-corrected chi connectivity index (χ1v) is 7.10. The van der Waals surface area contributed by atoms with Crippen molar-refractivity contribution in [3.8, 4) is 6.01 Å². The van der Waals surface area contributed by atoms with E-state index in [-0.39, 0.29) is 0 Å². The molecular weight excluding hydrogens is 278 g/mol. The molecule has 0 radical (unpaired) electrons. The molecule has 0 saturated heterocycles. The molecule has 22 heavy (non-hydrogen) atoms. The molecule has 0 aliphatic heterocycles. The molecule has 0 saturated carbocycles. The van der Waals surface area contributed by atoms with Crippen LogP contribution in [-0.2, 0) is 6.61 Å². The summed E-state index contributed by atoms with van der Waals surface area (Å²) in [7, 11) is 5.64. The number of para-hydroxylation sites is 3. The topological polar surface area (TPSA) is 39.5 Å². The molecule has 0 bridgehead atoms. The van der Waals surface area contributed by atoms with Gasteiger partial charge in [-0.05, 0) is 18.2 Å². The Morgan fingerprint density at radius 1 is 1.05 bits per heavy atom. The maximum atomic E-state index is 5.89. The van der Waals surface area contributed by atoms with Crippen LogP contribution in [0.3, 0.4) is 0 Å². The van der Waals surface area contributed by atoms with E-state index >= 15 is 0 Å². The predicted molar refractivity (Wildman–Crippen MR) is 87.3 cm³/mol. The minimum atomic E-state index is 0.432. The Bertz CT molecular complexity index is 780. The first-order valence-electron chi connectivity index (χ1n) is 7.10. The van der Waals surface area contributed by atoms with E-state index < -0.39 is 0 Å². The van der Waals surface area contributed by atoms with Crippen LogP contribution in [0.25, 0.3) is 11.0 Å². The number of fused-ring (bicyclic) bond motifs is 1. The van der Waals surface area contributed by atoms with Crippen molar-refractivity contribution >= 4 is 16.7 Å². The molecule has 0 unspecified atom stereocenters. The van der Waals surface area contributed by atoms with E-state index in [9.17, 15) is 0 Å². The molecule has 5 nitrogen and oxygen atoms in total. The largest absolute Gasteiger partial charge is 0.458 e. The lowest BCUT2D eigenvalue weighted by Gasteiger charge is -2.17. The van der Waals surface area contributed by atoms with Gasteiger partial charge in [0.15, 0.2) is 0 Å². The van der Waals surface area contributed by atoms with E-state index in [1.54, 1.807) is 11.8 Å². The third-order valence-electron chi connectivity index (χ3n) is 3.50. The molecule has 0 fully saturated rings. The summed E-state index contributed by atoms with van der Waals surface area (Å²) in [6.07, 6.45) is 0. The maximum Gasteiger partial charge on any atom is 0.331 e. The highest BCUT2D eigenvalue weighted by Gasteiger charge is 2.13. The fraction of sp³-hybridized carbons (Fsp3) is 0.235. The highest BCUT2D eigenvalue weighted by molar-refractivity contribution is 5.76. The SMILES string of the molecule is COn1c(OCc2ccccc2N(C)C)nc2ccccc21. The zero-order valence-corrected chi connectivity index (χ0v) is 13.0. The van der Waals surface area contributed by atoms with Gasteiger partial charge in [0.25, 0.3) is 0 Å². The maximum absolute atomic E-state index is 5.89. The Morgan fingerprint density at radius 2 is 1.77 bits per heavy atom. The van der Waals surface area contributed by atoms with Gasteiger partial charge in [-0.1, -0.05) is 30.3 Å². The lowest BCUT2D eigenvalue weighted by molar-refractivity contribution is 0.130. The number of hydrogen-bond donors (Lipinski definition) is 0. The molecule has 3 aromatic rings. The number of nitrogens with zero attached hydrogens (tertiary/aromatic N) is 3. The second-order valence-electron chi connectivity index (χ2n) is 5.17. The molecule has 3 rings (SSSR count). The second-order valence-corrected chi connectivity index (χ2v) is 5.17. The number of hydrogen-bond acceptors (Lipinski definition) is 4. The molecule has 5 heteroatoms. The van der Waals surface area contributed by atoms with Crippen molar-refractivity contribution in [2.75, 3.05) is 26.1 Å². The van der Waals surface area contributed by atoms with E-state index in [1.165, 1.54) is 0 Å². The highest BCUT2D eigenvalue weighted by atomic mass is 16.7. The van der Waals surface area contributed by atoms with Crippen LogP contribution in [0.4, 0.5) is 5.69 Å². The summed E-state index contributed by atoms with van der Waals surface area (Å²) >= 11 is 0. The van der Waals surface area contributed by atoms with E-state index in [4.69, 9.17) is 9.57 Å². The first-order chi connectivity index (χ1) is 10.7. The smallest absolute Gasteiger partial charge is 0.331 e. The summed E-state index contributed by atoms with van der Waals surface area (Å²) in [5, 5.41) is 0. The van der Waals surface area contributed by atoms with E-state index in [1.807, 2.05) is 50.5 Å². The predicted octanol–water partition coefficient (Wildman–Crippen LogP) is 2.74. The van der Waals surface area contributed by atoms with Gasteiger partial charge in [0.2, 0.25) is 0 Å². The summed E-state index contributed by atoms with van der Waals surface area (Å²) < 4.78 is 7.49. The van der Waals surface area contributed by atoms with Gasteiger partial charge < -0.3 is 14.5 Å². The van der Waals surface area contributed by atoms with Crippen LogP contribution in [0.2, 0.25) is 0 Å². The summed E-state index contributed by atoms with van der Waals surface area (Å²) in [6, 6.07) is 16.4. The standard InChI is InChI=1S/C17H19N3O2/c1-19(2)15-10-6-4-8-13(15)12-22-17-18-14-9-5-7-11-16(14)20(17)21-3/h4-11H,12H2,1-3H3. The molecule has 0 N–H and O–H groups in total. The minimum absolute atomic E-state index is 0.432. The Kier molecular flexibility index (Phi) is 3.87. The van der Waals surface area contributed by atoms with Gasteiger partial charge >= 0.3 is 6.01 Å². The number of imidazole rings is 1.